The topological polar surface area (TPSA) is 45.3 Å². The van der Waals surface area contributed by atoms with E-state index in [9.17, 15) is 13.6 Å². The Morgan fingerprint density at radius 3 is 2.62 bits per heavy atom. The summed E-state index contributed by atoms with van der Waals surface area (Å²) in [6.45, 7) is -2.42. The van der Waals surface area contributed by atoms with Crippen LogP contribution in [0.5, 0.6) is 5.75 Å². The zero-order chi connectivity index (χ0) is 18.5. The van der Waals surface area contributed by atoms with Crippen molar-refractivity contribution in [2.45, 2.75) is 26.0 Å². The Morgan fingerprint density at radius 2 is 1.88 bits per heavy atom. The Kier molecular flexibility index (Phi) is 5.51. The van der Waals surface area contributed by atoms with Crippen LogP contribution in [0.3, 0.4) is 0 Å². The van der Waals surface area contributed by atoms with E-state index in [1.807, 2.05) is 30.5 Å². The normalized spacial score (nSPS) is 11.1. The monoisotopic (exact) mass is 358 g/mol. The van der Waals surface area contributed by atoms with Gasteiger partial charge in [-0.15, -0.1) is 0 Å². The van der Waals surface area contributed by atoms with Crippen molar-refractivity contribution in [2.24, 2.45) is 0 Å². The van der Waals surface area contributed by atoms with E-state index in [2.05, 4.69) is 9.72 Å². The molecule has 0 aliphatic heterocycles. The maximum atomic E-state index is 12.4. The molecule has 0 bridgehead atoms. The first-order chi connectivity index (χ1) is 12.5. The van der Waals surface area contributed by atoms with Gasteiger partial charge in [-0.3, -0.25) is 4.79 Å². The third kappa shape index (κ3) is 4.39. The molecule has 0 aliphatic carbocycles. The van der Waals surface area contributed by atoms with Gasteiger partial charge in [0.2, 0.25) is 5.91 Å². The molecule has 4 nitrogen and oxygen atoms in total. The fourth-order valence-corrected chi connectivity index (χ4v) is 2.91. The van der Waals surface area contributed by atoms with Gasteiger partial charge in [0.1, 0.15) is 5.75 Å². The molecule has 0 spiro atoms. The summed E-state index contributed by atoms with van der Waals surface area (Å²) in [6, 6.07) is 14.3. The van der Waals surface area contributed by atoms with Gasteiger partial charge in [0.15, 0.2) is 0 Å². The molecule has 26 heavy (non-hydrogen) atoms. The van der Waals surface area contributed by atoms with Crippen LogP contribution in [-0.2, 0) is 17.8 Å². The lowest BCUT2D eigenvalue weighted by molar-refractivity contribution is -0.130. The quantitative estimate of drug-likeness (QED) is 0.682. The molecular formula is C20H20F2N2O2. The second-order valence-corrected chi connectivity index (χ2v) is 6.13. The SMILES string of the molecule is CN(Cc1ccc(OC(F)F)cc1)C(=O)CCc1c[nH]c2ccccc12. The molecule has 2 aromatic carbocycles. The van der Waals surface area contributed by atoms with Gasteiger partial charge < -0.3 is 14.6 Å². The Bertz CT molecular complexity index is 875. The van der Waals surface area contributed by atoms with E-state index in [-0.39, 0.29) is 11.7 Å². The second-order valence-electron chi connectivity index (χ2n) is 6.13. The number of rotatable bonds is 7. The highest BCUT2D eigenvalue weighted by atomic mass is 19.3. The molecule has 1 amide bonds. The predicted molar refractivity (Wildman–Crippen MR) is 96.2 cm³/mol. The van der Waals surface area contributed by atoms with Gasteiger partial charge in [-0.1, -0.05) is 30.3 Å². The molecule has 136 valence electrons. The van der Waals surface area contributed by atoms with E-state index < -0.39 is 6.61 Å². The number of ether oxygens (including phenoxy) is 1. The molecule has 0 atom stereocenters. The first-order valence-corrected chi connectivity index (χ1v) is 8.35. The summed E-state index contributed by atoms with van der Waals surface area (Å²) in [6.07, 6.45) is 3.01. The lowest BCUT2D eigenvalue weighted by Crippen LogP contribution is -2.26. The Labute approximate surface area is 150 Å². The molecule has 0 saturated heterocycles. The number of aryl methyl sites for hydroxylation is 1. The summed E-state index contributed by atoms with van der Waals surface area (Å²) in [5.74, 6) is 0.139. The molecular weight excluding hydrogens is 338 g/mol. The minimum Gasteiger partial charge on any atom is -0.435 e. The number of alkyl halides is 2. The number of hydrogen-bond acceptors (Lipinski definition) is 2. The van der Waals surface area contributed by atoms with Gasteiger partial charge in [-0.05, 0) is 35.7 Å². The standard InChI is InChI=1S/C20H20F2N2O2/c1-24(13-14-6-9-16(10-7-14)26-20(21)22)19(25)11-8-15-12-23-18-5-3-2-4-17(15)18/h2-7,9-10,12,20,23H,8,11,13H2,1H3. The Hall–Kier alpha value is -2.89. The predicted octanol–water partition coefficient (Wildman–Crippen LogP) is 4.36. The number of H-pyrrole nitrogens is 1. The highest BCUT2D eigenvalue weighted by Crippen LogP contribution is 2.20. The van der Waals surface area contributed by atoms with Gasteiger partial charge in [0.05, 0.1) is 0 Å². The van der Waals surface area contributed by atoms with Crippen LogP contribution in [0.2, 0.25) is 0 Å². The second kappa shape index (κ2) is 7.99. The van der Waals surface area contributed by atoms with Crippen molar-refractivity contribution in [1.29, 1.82) is 0 Å². The molecule has 0 unspecified atom stereocenters. The number of nitrogens with zero attached hydrogens (tertiary/aromatic N) is 1. The molecule has 0 saturated carbocycles. The number of halogens is 2. The molecule has 0 aliphatic rings. The van der Waals surface area contributed by atoms with Crippen molar-refractivity contribution in [3.8, 4) is 5.75 Å². The van der Waals surface area contributed by atoms with Crippen molar-refractivity contribution < 1.29 is 18.3 Å². The molecule has 3 aromatic rings. The van der Waals surface area contributed by atoms with E-state index in [0.29, 0.717) is 19.4 Å². The van der Waals surface area contributed by atoms with Crippen LogP contribution in [-0.4, -0.2) is 29.5 Å². The summed E-state index contributed by atoms with van der Waals surface area (Å²) < 4.78 is 28.6. The fourth-order valence-electron chi connectivity index (χ4n) is 2.91. The van der Waals surface area contributed by atoms with E-state index in [1.165, 1.54) is 12.1 Å². The lowest BCUT2D eigenvalue weighted by atomic mass is 10.1. The van der Waals surface area contributed by atoms with Crippen molar-refractivity contribution in [2.75, 3.05) is 7.05 Å². The van der Waals surface area contributed by atoms with Crippen LogP contribution in [0.15, 0.2) is 54.7 Å². The first-order valence-electron chi connectivity index (χ1n) is 8.35. The summed E-state index contributed by atoms with van der Waals surface area (Å²) in [4.78, 5) is 17.2. The van der Waals surface area contributed by atoms with E-state index in [1.54, 1.807) is 24.1 Å². The number of aromatic amines is 1. The number of carbonyl (C=O) groups is 1. The molecule has 0 radical (unpaired) electrons. The summed E-state index contributed by atoms with van der Waals surface area (Å²) in [7, 11) is 1.74. The van der Waals surface area contributed by atoms with Crippen LogP contribution < -0.4 is 4.74 Å². The number of carbonyl (C=O) groups excluding carboxylic acids is 1. The van der Waals surface area contributed by atoms with Crippen LogP contribution in [0.4, 0.5) is 8.78 Å². The first kappa shape index (κ1) is 17.9. The minimum absolute atomic E-state index is 0.0307. The maximum Gasteiger partial charge on any atom is 0.387 e. The number of para-hydroxylation sites is 1. The third-order valence-electron chi connectivity index (χ3n) is 4.28. The molecule has 6 heteroatoms. The number of fused-ring (bicyclic) bond motifs is 1. The molecule has 0 fully saturated rings. The number of aromatic nitrogens is 1. The highest BCUT2D eigenvalue weighted by Gasteiger charge is 2.12. The molecule has 1 N–H and O–H groups in total. The maximum absolute atomic E-state index is 12.4. The summed E-state index contributed by atoms with van der Waals surface area (Å²) >= 11 is 0. The average molecular weight is 358 g/mol. The molecule has 1 heterocycles. The zero-order valence-electron chi connectivity index (χ0n) is 14.4. The number of nitrogens with one attached hydrogen (secondary N) is 1. The molecule has 3 rings (SSSR count). The average Bonchev–Trinajstić information content (AvgIpc) is 3.04. The van der Waals surface area contributed by atoms with Gasteiger partial charge >= 0.3 is 6.61 Å². The van der Waals surface area contributed by atoms with Crippen molar-refractivity contribution >= 4 is 16.8 Å². The Morgan fingerprint density at radius 1 is 1.15 bits per heavy atom. The minimum atomic E-state index is -2.84. The largest absolute Gasteiger partial charge is 0.435 e. The van der Waals surface area contributed by atoms with Crippen LogP contribution in [0, 0.1) is 0 Å². The summed E-state index contributed by atoms with van der Waals surface area (Å²) in [5, 5.41) is 1.14. The fraction of sp³-hybridized carbons (Fsp3) is 0.250. The van der Waals surface area contributed by atoms with Gasteiger partial charge in [0, 0.05) is 37.1 Å². The smallest absolute Gasteiger partial charge is 0.387 e. The van der Waals surface area contributed by atoms with Gasteiger partial charge in [0.25, 0.3) is 0 Å². The van der Waals surface area contributed by atoms with Crippen LogP contribution in [0.25, 0.3) is 10.9 Å². The Balaban J connectivity index is 1.54. The van der Waals surface area contributed by atoms with E-state index in [0.717, 1.165) is 22.0 Å². The van der Waals surface area contributed by atoms with Crippen LogP contribution in [0.1, 0.15) is 17.5 Å². The zero-order valence-corrected chi connectivity index (χ0v) is 14.4. The number of hydrogen-bond donors (Lipinski definition) is 1. The number of benzene rings is 2. The van der Waals surface area contributed by atoms with Gasteiger partial charge in [-0.25, -0.2) is 0 Å². The highest BCUT2D eigenvalue weighted by molar-refractivity contribution is 5.84. The lowest BCUT2D eigenvalue weighted by Gasteiger charge is -2.17. The van der Waals surface area contributed by atoms with E-state index >= 15 is 0 Å². The summed E-state index contributed by atoms with van der Waals surface area (Å²) in [5.41, 5.74) is 3.04. The van der Waals surface area contributed by atoms with Crippen LogP contribution >= 0.6 is 0 Å². The molecule has 1 aromatic heterocycles. The van der Waals surface area contributed by atoms with Crippen molar-refractivity contribution in [3.05, 3.63) is 65.9 Å². The van der Waals surface area contributed by atoms with Gasteiger partial charge in [-0.2, -0.15) is 8.78 Å². The number of amides is 1. The third-order valence-corrected chi connectivity index (χ3v) is 4.28. The van der Waals surface area contributed by atoms with Crippen molar-refractivity contribution in [1.82, 2.24) is 9.88 Å². The van der Waals surface area contributed by atoms with E-state index in [4.69, 9.17) is 0 Å². The van der Waals surface area contributed by atoms with Crippen molar-refractivity contribution in [3.63, 3.8) is 0 Å².